The quantitative estimate of drug-likeness (QED) is 0.0860. The molecule has 0 amide bonds. The highest BCUT2D eigenvalue weighted by atomic mass is 16.4. The van der Waals surface area contributed by atoms with E-state index < -0.39 is 30.0 Å². The number of hydrogen-bond acceptors (Lipinski definition) is 7. The van der Waals surface area contributed by atoms with Crippen molar-refractivity contribution in [1.29, 1.82) is 0 Å². The van der Waals surface area contributed by atoms with Gasteiger partial charge in [-0.25, -0.2) is 0 Å². The summed E-state index contributed by atoms with van der Waals surface area (Å²) in [6.45, 7) is 6.80. The number of rotatable bonds is 20. The predicted octanol–water partition coefficient (Wildman–Crippen LogP) is 5.72. The van der Waals surface area contributed by atoms with Crippen LogP contribution in [0.25, 0.3) is 0 Å². The van der Waals surface area contributed by atoms with E-state index in [4.69, 9.17) is 40.5 Å². The van der Waals surface area contributed by atoms with Crippen molar-refractivity contribution in [2.75, 3.05) is 13.2 Å². The first kappa shape index (κ1) is 47.5. The lowest BCUT2D eigenvalue weighted by atomic mass is 10.1. The molecule has 0 aromatic carbocycles. The smallest absolute Gasteiger partial charge is 0.303 e. The molecule has 0 atom stereocenters. The van der Waals surface area contributed by atoms with Crippen LogP contribution in [0.2, 0.25) is 0 Å². The van der Waals surface area contributed by atoms with Crippen LogP contribution >= 0.6 is 0 Å². The van der Waals surface area contributed by atoms with Gasteiger partial charge >= 0.3 is 17.9 Å². The maximum atomic E-state index is 10.0. The van der Waals surface area contributed by atoms with Crippen molar-refractivity contribution in [3.8, 4) is 0 Å². The molecule has 0 aromatic heterocycles. The Morgan fingerprint density at radius 1 is 0.475 bits per heavy atom. The summed E-state index contributed by atoms with van der Waals surface area (Å²) in [4.78, 5) is 39.1. The molecule has 40 heavy (non-hydrogen) atoms. The van der Waals surface area contributed by atoms with Gasteiger partial charge in [0.2, 0.25) is 0 Å². The number of carbonyl (C=O) groups is 4. The zero-order valence-corrected chi connectivity index (χ0v) is 25.5. The summed E-state index contributed by atoms with van der Waals surface area (Å²) in [6.07, 6.45) is 16.7. The number of carboxylic acid groups (broad SMARTS) is 4. The minimum atomic E-state index is -0.954. The highest BCUT2D eigenvalue weighted by Gasteiger charge is 1.96. The molecule has 0 unspecified atom stereocenters. The second-order valence-electron chi connectivity index (χ2n) is 9.21. The summed E-state index contributed by atoms with van der Waals surface area (Å²) >= 11 is 0. The third kappa shape index (κ3) is 83.4. The van der Waals surface area contributed by atoms with Gasteiger partial charge in [-0.2, -0.15) is 0 Å². The maximum absolute atomic E-state index is 10.0. The van der Waals surface area contributed by atoms with Crippen LogP contribution in [-0.2, 0) is 19.2 Å². The topological polar surface area (TPSA) is 210 Å². The van der Waals surface area contributed by atoms with Crippen LogP contribution in [0.4, 0.5) is 0 Å². The minimum absolute atomic E-state index is 0.337. The lowest BCUT2D eigenvalue weighted by Crippen LogP contribution is -2.15. The number of aliphatic carboxylic acids is 4. The molecule has 0 bridgehead atoms. The Labute approximate surface area is 241 Å². The second kappa shape index (κ2) is 43.8. The van der Waals surface area contributed by atoms with Crippen molar-refractivity contribution in [2.24, 2.45) is 0 Å². The van der Waals surface area contributed by atoms with E-state index in [1.54, 1.807) is 0 Å². The second-order valence-corrected chi connectivity index (χ2v) is 9.21. The number of aliphatic hydroxyl groups excluding tert-OH is 3. The van der Waals surface area contributed by atoms with E-state index in [0.29, 0.717) is 19.3 Å². The van der Waals surface area contributed by atoms with Gasteiger partial charge in [-0.1, -0.05) is 97.8 Å². The van der Waals surface area contributed by atoms with E-state index in [1.165, 1.54) is 57.8 Å². The van der Waals surface area contributed by atoms with Crippen LogP contribution in [0.15, 0.2) is 0 Å². The zero-order valence-electron chi connectivity index (χ0n) is 25.5. The highest BCUT2D eigenvalue weighted by Crippen LogP contribution is 2.05. The Hall–Kier alpha value is -2.24. The fourth-order valence-electron chi connectivity index (χ4n) is 2.70. The number of hydrogen-bond donors (Lipinski definition) is 7. The van der Waals surface area contributed by atoms with E-state index in [-0.39, 0.29) is 13.2 Å². The van der Waals surface area contributed by atoms with Crippen molar-refractivity contribution in [3.63, 3.8) is 0 Å². The molecule has 0 aliphatic carbocycles. The Morgan fingerprint density at radius 2 is 0.675 bits per heavy atom. The van der Waals surface area contributed by atoms with Crippen LogP contribution in [0.3, 0.4) is 0 Å². The molecule has 0 heterocycles. The summed E-state index contributed by atoms with van der Waals surface area (Å²) in [5.74, 6) is -2.84. The summed E-state index contributed by atoms with van der Waals surface area (Å²) in [6, 6.07) is 0. The number of carboxylic acids is 4. The number of unbranched alkanes of at least 4 members (excludes halogenated alkanes) is 12. The van der Waals surface area contributed by atoms with Gasteiger partial charge in [-0.15, -0.1) is 0 Å². The van der Waals surface area contributed by atoms with Crippen LogP contribution in [-0.4, -0.2) is 78.9 Å². The Morgan fingerprint density at radius 3 is 0.800 bits per heavy atom. The third-order valence-electron chi connectivity index (χ3n) is 4.90. The van der Waals surface area contributed by atoms with Gasteiger partial charge in [0, 0.05) is 26.2 Å². The largest absolute Gasteiger partial charge is 0.481 e. The molecule has 0 saturated carbocycles. The number of aliphatic hydroxyl groups is 3. The molecule has 0 aromatic rings. The van der Waals surface area contributed by atoms with Gasteiger partial charge in [-0.05, 0) is 19.3 Å². The van der Waals surface area contributed by atoms with E-state index in [2.05, 4.69) is 20.8 Å². The molecule has 11 nitrogen and oxygen atoms in total. The van der Waals surface area contributed by atoms with Crippen LogP contribution in [0.1, 0.15) is 143 Å². The molecule has 0 rings (SSSR count). The normalized spacial score (nSPS) is 9.40. The average molecular weight is 585 g/mol. The minimum Gasteiger partial charge on any atom is -0.481 e. The van der Waals surface area contributed by atoms with Crippen LogP contribution in [0.5, 0.6) is 0 Å². The maximum Gasteiger partial charge on any atom is 0.303 e. The van der Waals surface area contributed by atoms with E-state index in [9.17, 15) is 14.4 Å². The van der Waals surface area contributed by atoms with Gasteiger partial charge in [-0.3, -0.25) is 19.2 Å². The third-order valence-corrected chi connectivity index (χ3v) is 4.90. The first-order chi connectivity index (χ1) is 18.9. The average Bonchev–Trinajstić information content (AvgIpc) is 2.88. The van der Waals surface area contributed by atoms with Gasteiger partial charge in [0.25, 0.3) is 5.97 Å². The molecule has 0 fully saturated rings. The first-order valence-electron chi connectivity index (χ1n) is 14.6. The van der Waals surface area contributed by atoms with Gasteiger partial charge in [0.15, 0.2) is 0 Å². The van der Waals surface area contributed by atoms with Crippen molar-refractivity contribution >= 4 is 23.9 Å². The fraction of sp³-hybridized carbons (Fsp3) is 0.862. The molecule has 242 valence electrons. The summed E-state index contributed by atoms with van der Waals surface area (Å²) < 4.78 is 0. The van der Waals surface area contributed by atoms with Crippen molar-refractivity contribution in [1.82, 2.24) is 0 Å². The lowest BCUT2D eigenvalue weighted by Gasteiger charge is -1.96. The molecule has 0 radical (unpaired) electrons. The van der Waals surface area contributed by atoms with Gasteiger partial charge < -0.3 is 35.7 Å². The Kier molecular flexibility index (Phi) is 52.1. The molecule has 7 N–H and O–H groups in total. The molecule has 11 heteroatoms. The standard InChI is InChI=1S/3C8H16O2.C3H8O3.C2H4O2/c3*1-2-3-4-5-6-7-8(9)10;4-1-3(6)2-5;1-2(3)4/h3*2-7H2,1H3,(H,9,10);3-6H,1-2H2;1H3,(H,3,4). The molecule has 0 spiro atoms. The van der Waals surface area contributed by atoms with Crippen molar-refractivity contribution in [3.05, 3.63) is 0 Å². The van der Waals surface area contributed by atoms with Gasteiger partial charge in [0.1, 0.15) is 6.10 Å². The molecular formula is C29H60O11. The Bertz CT molecular complexity index is 475. The zero-order chi connectivity index (χ0) is 32.0. The van der Waals surface area contributed by atoms with Crippen molar-refractivity contribution in [2.45, 2.75) is 149 Å². The monoisotopic (exact) mass is 584 g/mol. The summed E-state index contributed by atoms with van der Waals surface area (Å²) in [7, 11) is 0. The SMILES string of the molecule is CC(=O)O.CCCCCCCC(=O)O.CCCCCCCC(=O)O.CCCCCCCC(=O)O.OCC(O)CO. The van der Waals surface area contributed by atoms with Crippen LogP contribution in [0, 0.1) is 0 Å². The first-order valence-corrected chi connectivity index (χ1v) is 14.6. The Balaban J connectivity index is -0.000000132. The van der Waals surface area contributed by atoms with E-state index in [0.717, 1.165) is 45.4 Å². The van der Waals surface area contributed by atoms with Crippen molar-refractivity contribution < 1.29 is 54.9 Å². The van der Waals surface area contributed by atoms with Crippen LogP contribution < -0.4 is 0 Å². The fourth-order valence-corrected chi connectivity index (χ4v) is 2.70. The molecular weight excluding hydrogens is 524 g/mol. The molecule has 0 saturated heterocycles. The lowest BCUT2D eigenvalue weighted by molar-refractivity contribution is -0.138. The molecule has 0 aliphatic rings. The predicted molar refractivity (Wildman–Crippen MR) is 157 cm³/mol. The summed E-state index contributed by atoms with van der Waals surface area (Å²) in [5.41, 5.74) is 0. The summed E-state index contributed by atoms with van der Waals surface area (Å²) in [5, 5.41) is 56.2. The molecule has 0 aliphatic heterocycles. The van der Waals surface area contributed by atoms with Gasteiger partial charge in [0.05, 0.1) is 13.2 Å². The highest BCUT2D eigenvalue weighted by molar-refractivity contribution is 5.67. The van der Waals surface area contributed by atoms with E-state index >= 15 is 0 Å². The van der Waals surface area contributed by atoms with E-state index in [1.807, 2.05) is 0 Å².